The average molecular weight is 338 g/mol. The van der Waals surface area contributed by atoms with E-state index in [4.69, 9.17) is 16.2 Å². The van der Waals surface area contributed by atoms with Gasteiger partial charge in [0, 0.05) is 38.5 Å². The van der Waals surface area contributed by atoms with Crippen LogP contribution in [0.5, 0.6) is 0 Å². The van der Waals surface area contributed by atoms with Gasteiger partial charge in [0.05, 0.1) is 6.10 Å². The molecule has 1 saturated carbocycles. The van der Waals surface area contributed by atoms with E-state index in [1.165, 1.54) is 36.2 Å². The lowest BCUT2D eigenvalue weighted by molar-refractivity contribution is -0.115. The number of hydrogen-bond donors (Lipinski definition) is 2. The van der Waals surface area contributed by atoms with Crippen molar-refractivity contribution in [1.29, 1.82) is 0 Å². The van der Waals surface area contributed by atoms with Crippen molar-refractivity contribution >= 4 is 6.41 Å². The summed E-state index contributed by atoms with van der Waals surface area (Å²) in [6.45, 7) is 5.72. The molecule has 0 heterocycles. The molecule has 0 aromatic rings. The Kier molecular flexibility index (Phi) is 11.7. The Balaban J connectivity index is 0.000000922. The molecule has 0 bridgehead atoms. The molecule has 5 heteroatoms. The first-order chi connectivity index (χ1) is 11.4. The summed E-state index contributed by atoms with van der Waals surface area (Å²) >= 11 is 0. The molecule has 0 aliphatic heterocycles. The zero-order valence-electron chi connectivity index (χ0n) is 15.8. The van der Waals surface area contributed by atoms with Gasteiger partial charge in [0.1, 0.15) is 0 Å². The van der Waals surface area contributed by atoms with E-state index in [1.54, 1.807) is 27.3 Å². The fourth-order valence-electron chi connectivity index (χ4n) is 2.72. The predicted molar refractivity (Wildman–Crippen MR) is 101 cm³/mol. The maximum Gasteiger partial charge on any atom is 0.209 e. The molecule has 1 rings (SSSR count). The molecular formula is C19H35N3O2. The van der Waals surface area contributed by atoms with Gasteiger partial charge in [-0.25, -0.2) is 0 Å². The molecule has 5 nitrogen and oxygen atoms in total. The van der Waals surface area contributed by atoms with Crippen LogP contribution < -0.4 is 11.5 Å². The first-order valence-electron chi connectivity index (χ1n) is 8.60. The zero-order chi connectivity index (χ0) is 18.5. The Bertz CT molecular complexity index is 442. The molecule has 0 spiro atoms. The van der Waals surface area contributed by atoms with Crippen molar-refractivity contribution in [3.8, 4) is 0 Å². The second-order valence-electron chi connectivity index (χ2n) is 6.34. The number of methoxy groups -OCH3 is 1. The number of rotatable bonds is 5. The van der Waals surface area contributed by atoms with Gasteiger partial charge in [-0.15, -0.1) is 0 Å². The van der Waals surface area contributed by atoms with Crippen LogP contribution in [0.25, 0.3) is 0 Å². The summed E-state index contributed by atoms with van der Waals surface area (Å²) in [5, 5.41) is 0. The molecular weight excluding hydrogens is 302 g/mol. The van der Waals surface area contributed by atoms with E-state index in [2.05, 4.69) is 6.58 Å². The van der Waals surface area contributed by atoms with E-state index < -0.39 is 0 Å². The molecule has 0 aromatic heterocycles. The van der Waals surface area contributed by atoms with Crippen LogP contribution in [0.4, 0.5) is 0 Å². The molecule has 0 saturated heterocycles. The van der Waals surface area contributed by atoms with Crippen LogP contribution in [-0.2, 0) is 9.53 Å². The largest absolute Gasteiger partial charge is 0.402 e. The zero-order valence-corrected chi connectivity index (χ0v) is 15.8. The van der Waals surface area contributed by atoms with E-state index in [-0.39, 0.29) is 12.0 Å². The number of carbonyl (C=O) groups is 1. The third-order valence-electron chi connectivity index (χ3n) is 4.20. The Labute approximate surface area is 147 Å². The highest BCUT2D eigenvalue weighted by Gasteiger charge is 2.23. The smallest absolute Gasteiger partial charge is 0.209 e. The minimum absolute atomic E-state index is 0.0477. The molecule has 24 heavy (non-hydrogen) atoms. The van der Waals surface area contributed by atoms with Gasteiger partial charge in [0.2, 0.25) is 6.41 Å². The highest BCUT2D eigenvalue weighted by molar-refractivity contribution is 5.45. The number of amides is 1. The second kappa shape index (κ2) is 12.6. The van der Waals surface area contributed by atoms with E-state index in [0.29, 0.717) is 0 Å². The summed E-state index contributed by atoms with van der Waals surface area (Å²) in [5.41, 5.74) is 15.5. The van der Waals surface area contributed by atoms with Gasteiger partial charge in [-0.05, 0) is 37.8 Å². The molecule has 1 fully saturated rings. The van der Waals surface area contributed by atoms with Gasteiger partial charge in [0.15, 0.2) is 0 Å². The van der Waals surface area contributed by atoms with Gasteiger partial charge in [0.25, 0.3) is 0 Å². The lowest BCUT2D eigenvalue weighted by atomic mass is 9.82. The predicted octanol–water partition coefficient (Wildman–Crippen LogP) is 2.94. The van der Waals surface area contributed by atoms with Crippen LogP contribution in [0.3, 0.4) is 0 Å². The molecule has 0 aromatic carbocycles. The maximum absolute atomic E-state index is 9.43. The molecule has 1 aliphatic carbocycles. The van der Waals surface area contributed by atoms with Crippen LogP contribution >= 0.6 is 0 Å². The number of allylic oxidation sites excluding steroid dienone is 3. The molecule has 4 N–H and O–H groups in total. The lowest BCUT2D eigenvalue weighted by Crippen LogP contribution is -2.25. The van der Waals surface area contributed by atoms with Gasteiger partial charge < -0.3 is 21.1 Å². The summed E-state index contributed by atoms with van der Waals surface area (Å²) in [4.78, 5) is 10.9. The molecule has 2 atom stereocenters. The first-order valence-corrected chi connectivity index (χ1v) is 8.60. The monoisotopic (exact) mass is 337 g/mol. The van der Waals surface area contributed by atoms with Crippen molar-refractivity contribution in [2.24, 2.45) is 17.4 Å². The van der Waals surface area contributed by atoms with Crippen molar-refractivity contribution in [3.63, 3.8) is 0 Å². The van der Waals surface area contributed by atoms with Crippen LogP contribution in [0.2, 0.25) is 0 Å². The minimum Gasteiger partial charge on any atom is -0.402 e. The quantitative estimate of drug-likeness (QED) is 0.597. The lowest BCUT2D eigenvalue weighted by Gasteiger charge is -2.27. The van der Waals surface area contributed by atoms with Gasteiger partial charge >= 0.3 is 0 Å². The van der Waals surface area contributed by atoms with E-state index in [9.17, 15) is 4.79 Å². The summed E-state index contributed by atoms with van der Waals surface area (Å²) in [6, 6.07) is 0. The van der Waals surface area contributed by atoms with Crippen LogP contribution in [0, 0.1) is 5.92 Å². The molecule has 0 radical (unpaired) electrons. The van der Waals surface area contributed by atoms with E-state index in [1.807, 2.05) is 13.0 Å². The Morgan fingerprint density at radius 3 is 2.38 bits per heavy atom. The van der Waals surface area contributed by atoms with Crippen molar-refractivity contribution in [3.05, 3.63) is 35.7 Å². The van der Waals surface area contributed by atoms with Gasteiger partial charge in [-0.1, -0.05) is 31.9 Å². The van der Waals surface area contributed by atoms with Crippen molar-refractivity contribution in [2.75, 3.05) is 21.2 Å². The molecule has 2 unspecified atom stereocenters. The van der Waals surface area contributed by atoms with Crippen molar-refractivity contribution < 1.29 is 9.53 Å². The van der Waals surface area contributed by atoms with Crippen LogP contribution in [0.1, 0.15) is 45.4 Å². The molecule has 1 aliphatic rings. The highest BCUT2D eigenvalue weighted by atomic mass is 16.5. The van der Waals surface area contributed by atoms with Crippen LogP contribution in [0.15, 0.2) is 35.7 Å². The standard InChI is InChI=1S/C16H28N2O.C3H7NO/c1-4-9-15(17)13-10-7-5-6-8-11-14(13)16(18)12(2)19-3;1-4(2)3-5/h4,9,12-13H,1,5-8,10-11,17-18H2,2-3H3;3H,1-2H3/b15-9+,16-14-;. The number of nitrogens with zero attached hydrogens (tertiary/aromatic N) is 1. The number of carbonyl (C=O) groups excluding carboxylic acids is 1. The highest BCUT2D eigenvalue weighted by Crippen LogP contribution is 2.32. The summed E-state index contributed by atoms with van der Waals surface area (Å²) < 4.78 is 5.36. The molecule has 138 valence electrons. The number of nitrogens with two attached hydrogens (primary N) is 2. The van der Waals surface area contributed by atoms with Gasteiger partial charge in [-0.3, -0.25) is 4.79 Å². The topological polar surface area (TPSA) is 81.6 Å². The van der Waals surface area contributed by atoms with E-state index in [0.717, 1.165) is 30.6 Å². The summed E-state index contributed by atoms with van der Waals surface area (Å²) in [6.07, 6.45) is 11.4. The Morgan fingerprint density at radius 2 is 1.88 bits per heavy atom. The minimum atomic E-state index is -0.0477. The SMILES string of the molecule is C=C/C=C(/N)C1CCCCCC/C1=C(/N)C(C)OC.CN(C)C=O. The van der Waals surface area contributed by atoms with Crippen molar-refractivity contribution in [1.82, 2.24) is 4.90 Å². The summed E-state index contributed by atoms with van der Waals surface area (Å²) in [5.74, 6) is 0.246. The molecule has 1 amide bonds. The average Bonchev–Trinajstić information content (AvgIpc) is 2.54. The normalized spacial score (nSPS) is 22.2. The Hall–Kier alpha value is -1.75. The Morgan fingerprint density at radius 1 is 1.29 bits per heavy atom. The third-order valence-corrected chi connectivity index (χ3v) is 4.20. The van der Waals surface area contributed by atoms with E-state index >= 15 is 0 Å². The number of ether oxygens (including phenoxy) is 1. The summed E-state index contributed by atoms with van der Waals surface area (Å²) in [7, 11) is 5.07. The van der Waals surface area contributed by atoms with Crippen LogP contribution in [-0.4, -0.2) is 38.6 Å². The fraction of sp³-hybridized carbons (Fsp3) is 0.632. The second-order valence-corrected chi connectivity index (χ2v) is 6.34. The first kappa shape index (κ1) is 22.2. The van der Waals surface area contributed by atoms with Gasteiger partial charge in [-0.2, -0.15) is 0 Å². The van der Waals surface area contributed by atoms with Crippen molar-refractivity contribution in [2.45, 2.75) is 51.6 Å². The number of hydrogen-bond acceptors (Lipinski definition) is 4. The third kappa shape index (κ3) is 8.20. The fourth-order valence-corrected chi connectivity index (χ4v) is 2.72. The maximum atomic E-state index is 9.43.